The number of rotatable bonds is 2. The summed E-state index contributed by atoms with van der Waals surface area (Å²) in [6.45, 7) is 0. The van der Waals surface area contributed by atoms with Crippen LogP contribution in [-0.2, 0) is 0 Å². The van der Waals surface area contributed by atoms with Crippen molar-refractivity contribution in [3.63, 3.8) is 0 Å². The molecule has 0 spiro atoms. The predicted octanol–water partition coefficient (Wildman–Crippen LogP) is 5.44. The quantitative estimate of drug-likeness (QED) is 0.493. The highest BCUT2D eigenvalue weighted by molar-refractivity contribution is 5.76. The van der Waals surface area contributed by atoms with Crippen molar-refractivity contribution < 1.29 is 13.2 Å². The molecule has 0 saturated carbocycles. The smallest absolute Gasteiger partial charge is 0.227 e. The van der Waals surface area contributed by atoms with Crippen molar-refractivity contribution in [1.29, 1.82) is 0 Å². The van der Waals surface area contributed by atoms with Gasteiger partial charge in [0, 0.05) is 11.6 Å². The Morgan fingerprint density at radius 2 is 1.35 bits per heavy atom. The molecule has 0 radical (unpaired) electrons. The Balaban J connectivity index is 1.72. The van der Waals surface area contributed by atoms with E-state index in [9.17, 15) is 8.78 Å². The molecule has 0 saturated heterocycles. The molecule has 4 rings (SSSR count). The Labute approximate surface area is 131 Å². The normalized spacial score (nSPS) is 11.0. The number of nitrogens with zero attached hydrogens (tertiary/aromatic N) is 1. The molecule has 4 aromatic rings. The number of halogens is 2. The van der Waals surface area contributed by atoms with Crippen LogP contribution in [0.5, 0.6) is 0 Å². The lowest BCUT2D eigenvalue weighted by Crippen LogP contribution is -1.84. The molecule has 0 unspecified atom stereocenters. The van der Waals surface area contributed by atoms with Crippen LogP contribution in [0.15, 0.2) is 71.1 Å². The van der Waals surface area contributed by atoms with Crippen molar-refractivity contribution in [3.8, 4) is 22.6 Å². The van der Waals surface area contributed by atoms with E-state index in [0.717, 1.165) is 28.3 Å². The van der Waals surface area contributed by atoms with Crippen molar-refractivity contribution in [1.82, 2.24) is 4.98 Å². The Kier molecular flexibility index (Phi) is 3.15. The lowest BCUT2D eigenvalue weighted by atomic mass is 10.0. The maximum Gasteiger partial charge on any atom is 0.227 e. The Hall–Kier alpha value is -3.01. The summed E-state index contributed by atoms with van der Waals surface area (Å²) in [4.78, 5) is 4.43. The Morgan fingerprint density at radius 3 is 2.04 bits per heavy atom. The number of hydrogen-bond acceptors (Lipinski definition) is 2. The van der Waals surface area contributed by atoms with Gasteiger partial charge in [0.1, 0.15) is 17.2 Å². The highest BCUT2D eigenvalue weighted by Crippen LogP contribution is 2.27. The van der Waals surface area contributed by atoms with E-state index in [0.29, 0.717) is 11.5 Å². The molecule has 1 heterocycles. The highest BCUT2D eigenvalue weighted by Gasteiger charge is 2.08. The zero-order valence-corrected chi connectivity index (χ0v) is 12.0. The minimum absolute atomic E-state index is 0.492. The fourth-order valence-corrected chi connectivity index (χ4v) is 2.52. The van der Waals surface area contributed by atoms with Gasteiger partial charge in [0.25, 0.3) is 0 Å². The lowest BCUT2D eigenvalue weighted by molar-refractivity contribution is 0.584. The van der Waals surface area contributed by atoms with E-state index in [-0.39, 0.29) is 0 Å². The maximum atomic E-state index is 13.3. The molecule has 0 aliphatic rings. The third kappa shape index (κ3) is 2.59. The van der Waals surface area contributed by atoms with E-state index in [1.54, 1.807) is 12.1 Å². The minimum atomic E-state index is -0.594. The molecule has 0 aliphatic carbocycles. The van der Waals surface area contributed by atoms with Crippen molar-refractivity contribution >= 4 is 11.1 Å². The molecule has 112 valence electrons. The summed E-state index contributed by atoms with van der Waals surface area (Å²) in [7, 11) is 0. The van der Waals surface area contributed by atoms with Crippen LogP contribution < -0.4 is 0 Å². The number of oxazole rings is 1. The molecule has 0 amide bonds. The number of para-hydroxylation sites is 2. The van der Waals surface area contributed by atoms with Crippen LogP contribution in [-0.4, -0.2) is 4.98 Å². The molecule has 23 heavy (non-hydrogen) atoms. The summed E-state index contributed by atoms with van der Waals surface area (Å²) in [6.07, 6.45) is 0. The summed E-state index contributed by atoms with van der Waals surface area (Å²) < 4.78 is 32.3. The van der Waals surface area contributed by atoms with E-state index < -0.39 is 11.6 Å². The first kappa shape index (κ1) is 13.6. The van der Waals surface area contributed by atoms with Crippen molar-refractivity contribution in [2.45, 2.75) is 0 Å². The van der Waals surface area contributed by atoms with Crippen molar-refractivity contribution in [3.05, 3.63) is 78.4 Å². The van der Waals surface area contributed by atoms with Crippen LogP contribution in [0.4, 0.5) is 8.78 Å². The van der Waals surface area contributed by atoms with Crippen molar-refractivity contribution in [2.75, 3.05) is 0 Å². The van der Waals surface area contributed by atoms with Crippen LogP contribution in [0.3, 0.4) is 0 Å². The summed E-state index contributed by atoms with van der Waals surface area (Å²) >= 11 is 0. The van der Waals surface area contributed by atoms with Crippen LogP contribution in [0, 0.1) is 11.6 Å². The largest absolute Gasteiger partial charge is 0.436 e. The topological polar surface area (TPSA) is 26.0 Å². The fourth-order valence-electron chi connectivity index (χ4n) is 2.52. The molecular weight excluding hydrogens is 296 g/mol. The van der Waals surface area contributed by atoms with Crippen LogP contribution in [0.25, 0.3) is 33.7 Å². The first-order valence-corrected chi connectivity index (χ1v) is 7.11. The Bertz CT molecular complexity index is 937. The number of fused-ring (bicyclic) bond motifs is 1. The predicted molar refractivity (Wildman–Crippen MR) is 84.8 cm³/mol. The van der Waals surface area contributed by atoms with E-state index in [1.165, 1.54) is 12.1 Å². The van der Waals surface area contributed by atoms with Gasteiger partial charge >= 0.3 is 0 Å². The molecule has 0 fully saturated rings. The summed E-state index contributed by atoms with van der Waals surface area (Å²) in [5.41, 5.74) is 3.54. The monoisotopic (exact) mass is 307 g/mol. The second-order valence-corrected chi connectivity index (χ2v) is 5.22. The standard InChI is InChI=1S/C19H11F2NO/c20-15-9-14(10-16(21)11-15)12-5-7-13(8-6-12)19-22-17-3-1-2-4-18(17)23-19/h1-11H. The zero-order chi connectivity index (χ0) is 15.8. The van der Waals surface area contributed by atoms with E-state index in [1.807, 2.05) is 36.4 Å². The van der Waals surface area contributed by atoms with Gasteiger partial charge in [-0.1, -0.05) is 24.3 Å². The lowest BCUT2D eigenvalue weighted by Gasteiger charge is -2.03. The third-order valence-corrected chi connectivity index (χ3v) is 3.62. The average molecular weight is 307 g/mol. The van der Waals surface area contributed by atoms with Crippen LogP contribution in [0.2, 0.25) is 0 Å². The van der Waals surface area contributed by atoms with Crippen LogP contribution >= 0.6 is 0 Å². The van der Waals surface area contributed by atoms with E-state index in [2.05, 4.69) is 4.98 Å². The molecule has 0 aliphatic heterocycles. The molecular formula is C19H11F2NO. The number of aromatic nitrogens is 1. The minimum Gasteiger partial charge on any atom is -0.436 e. The number of benzene rings is 3. The molecule has 2 nitrogen and oxygen atoms in total. The second kappa shape index (κ2) is 5.32. The second-order valence-electron chi connectivity index (χ2n) is 5.22. The van der Waals surface area contributed by atoms with Gasteiger partial charge in [-0.3, -0.25) is 0 Å². The number of hydrogen-bond donors (Lipinski definition) is 0. The molecule has 3 aromatic carbocycles. The Morgan fingerprint density at radius 1 is 0.696 bits per heavy atom. The first-order valence-electron chi connectivity index (χ1n) is 7.11. The van der Waals surface area contributed by atoms with Crippen LogP contribution in [0.1, 0.15) is 0 Å². The highest BCUT2D eigenvalue weighted by atomic mass is 19.1. The third-order valence-electron chi connectivity index (χ3n) is 3.62. The summed E-state index contributed by atoms with van der Waals surface area (Å²) in [6, 6.07) is 18.2. The molecule has 0 atom stereocenters. The van der Waals surface area contributed by atoms with E-state index in [4.69, 9.17) is 4.42 Å². The van der Waals surface area contributed by atoms with Gasteiger partial charge in [0.2, 0.25) is 5.89 Å². The summed E-state index contributed by atoms with van der Waals surface area (Å²) in [5.74, 6) is -0.672. The molecule has 0 bridgehead atoms. The van der Waals surface area contributed by atoms with Gasteiger partial charge in [-0.05, 0) is 47.5 Å². The zero-order valence-electron chi connectivity index (χ0n) is 12.0. The summed E-state index contributed by atoms with van der Waals surface area (Å²) in [5, 5.41) is 0. The van der Waals surface area contributed by atoms with Gasteiger partial charge in [0.15, 0.2) is 5.58 Å². The van der Waals surface area contributed by atoms with Gasteiger partial charge in [-0.25, -0.2) is 13.8 Å². The molecule has 4 heteroatoms. The SMILES string of the molecule is Fc1cc(F)cc(-c2ccc(-c3nc4ccccc4o3)cc2)c1. The average Bonchev–Trinajstić information content (AvgIpc) is 2.98. The molecule has 0 N–H and O–H groups in total. The maximum absolute atomic E-state index is 13.3. The van der Waals surface area contributed by atoms with Gasteiger partial charge < -0.3 is 4.42 Å². The van der Waals surface area contributed by atoms with E-state index >= 15 is 0 Å². The van der Waals surface area contributed by atoms with Gasteiger partial charge in [-0.2, -0.15) is 0 Å². The first-order chi connectivity index (χ1) is 11.2. The van der Waals surface area contributed by atoms with Crippen molar-refractivity contribution in [2.24, 2.45) is 0 Å². The molecule has 1 aromatic heterocycles. The fraction of sp³-hybridized carbons (Fsp3) is 0. The van der Waals surface area contributed by atoms with Gasteiger partial charge in [0.05, 0.1) is 0 Å². The van der Waals surface area contributed by atoms with Gasteiger partial charge in [-0.15, -0.1) is 0 Å².